The van der Waals surface area contributed by atoms with Crippen LogP contribution >= 0.6 is 22.5 Å². The second-order valence-corrected chi connectivity index (χ2v) is 5.64. The predicted molar refractivity (Wildman–Crippen MR) is 57.6 cm³/mol. The number of nitrogens with one attached hydrogen (secondary N) is 1. The molecule has 1 fully saturated rings. The van der Waals surface area contributed by atoms with Crippen molar-refractivity contribution in [1.82, 2.24) is 5.32 Å². The maximum absolute atomic E-state index is 9.75. The lowest BCUT2D eigenvalue weighted by Crippen LogP contribution is -2.48. The molecule has 2 unspecified atom stereocenters. The van der Waals surface area contributed by atoms with E-state index in [1.165, 1.54) is 10.8 Å². The Kier molecular flexibility index (Phi) is 3.76. The number of hydrogen-bond donors (Lipinski definition) is 3. The highest BCUT2D eigenvalue weighted by atomic mass is 33.1. The van der Waals surface area contributed by atoms with Gasteiger partial charge in [-0.05, 0) is 26.8 Å². The molecular weight excluding hydrogens is 190 g/mol. The van der Waals surface area contributed by atoms with Crippen molar-refractivity contribution in [2.75, 3.05) is 13.1 Å². The molecule has 0 aromatic rings. The quantitative estimate of drug-likeness (QED) is 0.471. The third kappa shape index (κ3) is 2.31. The van der Waals surface area contributed by atoms with Crippen LogP contribution in [-0.2, 0) is 0 Å². The average molecular weight is 207 g/mol. The smallest absolute Gasteiger partial charge is 0.0606 e. The second kappa shape index (κ2) is 4.22. The third-order valence-corrected chi connectivity index (χ3v) is 4.76. The molecule has 1 heterocycles. The summed E-state index contributed by atoms with van der Waals surface area (Å²) in [5, 5.41) is 13.0. The van der Waals surface area contributed by atoms with E-state index >= 15 is 0 Å². The Balaban J connectivity index is 2.58. The molecule has 2 nitrogen and oxygen atoms in total. The van der Waals surface area contributed by atoms with Gasteiger partial charge in [-0.1, -0.05) is 10.8 Å². The van der Waals surface area contributed by atoms with E-state index < -0.39 is 0 Å². The zero-order valence-electron chi connectivity index (χ0n) is 7.58. The van der Waals surface area contributed by atoms with Crippen LogP contribution in [0, 0.1) is 5.92 Å². The first-order valence-corrected chi connectivity index (χ1v) is 6.16. The normalized spacial score (nSPS) is 32.0. The van der Waals surface area contributed by atoms with E-state index in [4.69, 9.17) is 0 Å². The molecule has 4 heteroatoms. The predicted octanol–water partition coefficient (Wildman–Crippen LogP) is 1.31. The summed E-state index contributed by atoms with van der Waals surface area (Å²) in [6.45, 7) is 6.10. The topological polar surface area (TPSA) is 32.3 Å². The first-order chi connectivity index (χ1) is 5.58. The van der Waals surface area contributed by atoms with Gasteiger partial charge in [0.2, 0.25) is 0 Å². The maximum Gasteiger partial charge on any atom is 0.0606 e. The zero-order chi connectivity index (χ0) is 9.19. The minimum absolute atomic E-state index is 0.0515. The molecular formula is C8H17NOS2. The van der Waals surface area contributed by atoms with Crippen molar-refractivity contribution in [3.63, 3.8) is 0 Å². The molecule has 0 bridgehead atoms. The first kappa shape index (κ1) is 10.7. The van der Waals surface area contributed by atoms with E-state index in [1.54, 1.807) is 0 Å². The Labute approximate surface area is 83.3 Å². The summed E-state index contributed by atoms with van der Waals surface area (Å²) >= 11 is 4.23. The zero-order valence-corrected chi connectivity index (χ0v) is 9.29. The number of aliphatic hydroxyl groups excluding tert-OH is 1. The standard InChI is InChI=1S/C8H17NOS2/c1-8(2,12-11)6-5-9-4-3-7(6)10/h6-7,9-11H,3-5H2,1-2H3. The summed E-state index contributed by atoms with van der Waals surface area (Å²) in [6, 6.07) is 0. The molecule has 2 atom stereocenters. The number of thiol groups is 1. The number of hydrogen-bond acceptors (Lipinski definition) is 4. The summed E-state index contributed by atoms with van der Waals surface area (Å²) < 4.78 is 0.0515. The van der Waals surface area contributed by atoms with E-state index in [0.29, 0.717) is 5.92 Å². The molecule has 72 valence electrons. The molecule has 1 aliphatic rings. The third-order valence-electron chi connectivity index (χ3n) is 2.57. The van der Waals surface area contributed by atoms with Crippen molar-refractivity contribution in [1.29, 1.82) is 0 Å². The Morgan fingerprint density at radius 2 is 2.25 bits per heavy atom. The lowest BCUT2D eigenvalue weighted by Gasteiger charge is -2.38. The fourth-order valence-electron chi connectivity index (χ4n) is 1.62. The highest BCUT2D eigenvalue weighted by molar-refractivity contribution is 8.69. The van der Waals surface area contributed by atoms with Gasteiger partial charge in [0.15, 0.2) is 0 Å². The monoisotopic (exact) mass is 207 g/mol. The first-order valence-electron chi connectivity index (χ1n) is 4.29. The van der Waals surface area contributed by atoms with Crippen LogP contribution in [0.25, 0.3) is 0 Å². The maximum atomic E-state index is 9.75. The van der Waals surface area contributed by atoms with Crippen molar-refractivity contribution in [3.8, 4) is 0 Å². The number of piperidine rings is 1. The van der Waals surface area contributed by atoms with Crippen LogP contribution in [0.15, 0.2) is 0 Å². The molecule has 0 spiro atoms. The lowest BCUT2D eigenvalue weighted by molar-refractivity contribution is 0.0642. The minimum Gasteiger partial charge on any atom is -0.393 e. The fourth-order valence-corrected chi connectivity index (χ4v) is 2.40. The van der Waals surface area contributed by atoms with Crippen LogP contribution in [-0.4, -0.2) is 29.0 Å². The Bertz CT molecular complexity index is 152. The van der Waals surface area contributed by atoms with Crippen LogP contribution in [0.3, 0.4) is 0 Å². The summed E-state index contributed by atoms with van der Waals surface area (Å²) in [5.74, 6) is 0.314. The van der Waals surface area contributed by atoms with Crippen LogP contribution in [0.1, 0.15) is 20.3 Å². The molecule has 1 saturated heterocycles. The summed E-state index contributed by atoms with van der Waals surface area (Å²) in [4.78, 5) is 0. The van der Waals surface area contributed by atoms with E-state index in [0.717, 1.165) is 19.5 Å². The van der Waals surface area contributed by atoms with Gasteiger partial charge in [0.05, 0.1) is 6.10 Å². The van der Waals surface area contributed by atoms with Gasteiger partial charge < -0.3 is 10.4 Å². The van der Waals surface area contributed by atoms with E-state index in [9.17, 15) is 5.11 Å². The van der Waals surface area contributed by atoms with Gasteiger partial charge in [-0.15, -0.1) is 11.7 Å². The molecule has 0 aliphatic carbocycles. The molecule has 0 aromatic heterocycles. The van der Waals surface area contributed by atoms with Crippen molar-refractivity contribution in [3.05, 3.63) is 0 Å². The van der Waals surface area contributed by atoms with Gasteiger partial charge in [0.25, 0.3) is 0 Å². The van der Waals surface area contributed by atoms with Crippen molar-refractivity contribution < 1.29 is 5.11 Å². The van der Waals surface area contributed by atoms with Crippen LogP contribution in [0.4, 0.5) is 0 Å². The molecule has 0 saturated carbocycles. The van der Waals surface area contributed by atoms with Crippen LogP contribution in [0.5, 0.6) is 0 Å². The van der Waals surface area contributed by atoms with E-state index in [-0.39, 0.29) is 10.9 Å². The summed E-state index contributed by atoms with van der Waals surface area (Å²) in [7, 11) is 1.53. The van der Waals surface area contributed by atoms with Gasteiger partial charge in [0.1, 0.15) is 0 Å². The molecule has 0 aromatic carbocycles. The van der Waals surface area contributed by atoms with Crippen LogP contribution < -0.4 is 5.32 Å². The van der Waals surface area contributed by atoms with Crippen molar-refractivity contribution in [2.45, 2.75) is 31.1 Å². The Morgan fingerprint density at radius 3 is 2.75 bits per heavy atom. The van der Waals surface area contributed by atoms with Gasteiger partial charge >= 0.3 is 0 Å². The largest absolute Gasteiger partial charge is 0.393 e. The molecule has 0 amide bonds. The summed E-state index contributed by atoms with van der Waals surface area (Å²) in [6.07, 6.45) is 0.698. The lowest BCUT2D eigenvalue weighted by atomic mass is 9.85. The number of rotatable bonds is 2. The molecule has 1 rings (SSSR count). The van der Waals surface area contributed by atoms with Gasteiger partial charge in [0, 0.05) is 17.2 Å². The molecule has 12 heavy (non-hydrogen) atoms. The fraction of sp³-hybridized carbons (Fsp3) is 1.00. The van der Waals surface area contributed by atoms with Crippen molar-refractivity contribution in [2.24, 2.45) is 5.92 Å². The SMILES string of the molecule is CC(C)(SS)C1CNCCC1O. The van der Waals surface area contributed by atoms with Crippen LogP contribution in [0.2, 0.25) is 0 Å². The Hall–Kier alpha value is 0.620. The Morgan fingerprint density at radius 1 is 1.58 bits per heavy atom. The highest BCUT2D eigenvalue weighted by Gasteiger charge is 2.36. The van der Waals surface area contributed by atoms with Crippen molar-refractivity contribution >= 4 is 22.5 Å². The van der Waals surface area contributed by atoms with Gasteiger partial charge in [-0.25, -0.2) is 0 Å². The molecule has 0 radical (unpaired) electrons. The molecule has 2 N–H and O–H groups in total. The van der Waals surface area contributed by atoms with E-state index in [1.807, 2.05) is 0 Å². The summed E-state index contributed by atoms with van der Waals surface area (Å²) in [5.41, 5.74) is 0. The minimum atomic E-state index is -0.166. The van der Waals surface area contributed by atoms with E-state index in [2.05, 4.69) is 30.8 Å². The average Bonchev–Trinajstić information content (AvgIpc) is 2.05. The molecule has 1 aliphatic heterocycles. The second-order valence-electron chi connectivity index (χ2n) is 3.86. The highest BCUT2D eigenvalue weighted by Crippen LogP contribution is 2.38. The van der Waals surface area contributed by atoms with Gasteiger partial charge in [-0.2, -0.15) is 0 Å². The van der Waals surface area contributed by atoms with Gasteiger partial charge in [-0.3, -0.25) is 0 Å². The number of aliphatic hydroxyl groups is 1.